The molecule has 0 aliphatic carbocycles. The van der Waals surface area contributed by atoms with E-state index >= 15 is 0 Å². The first kappa shape index (κ1) is 21.7. The van der Waals surface area contributed by atoms with Crippen molar-refractivity contribution in [3.63, 3.8) is 0 Å². The van der Waals surface area contributed by atoms with E-state index in [1.807, 2.05) is 43.9 Å². The van der Waals surface area contributed by atoms with Crippen LogP contribution >= 0.6 is 0 Å². The number of nitrogens with zero attached hydrogens (tertiary/aromatic N) is 2. The van der Waals surface area contributed by atoms with Crippen LogP contribution < -0.4 is 26.6 Å². The lowest BCUT2D eigenvalue weighted by Gasteiger charge is -2.32. The van der Waals surface area contributed by atoms with Crippen LogP contribution in [0.3, 0.4) is 0 Å². The van der Waals surface area contributed by atoms with E-state index in [1.54, 1.807) is 6.92 Å². The maximum Gasteiger partial charge on any atom is 0.287 e. The van der Waals surface area contributed by atoms with Gasteiger partial charge in [0, 0.05) is 36.7 Å². The second-order valence-corrected chi connectivity index (χ2v) is 9.32. The molecule has 0 saturated heterocycles. The number of rotatable bonds is 4. The van der Waals surface area contributed by atoms with Gasteiger partial charge in [0.05, 0.1) is 11.4 Å². The summed E-state index contributed by atoms with van der Waals surface area (Å²) in [5.74, 6) is -0.464. The molecular formula is C24H26N4O4. The van der Waals surface area contributed by atoms with Crippen LogP contribution in [-0.4, -0.2) is 22.4 Å². The van der Waals surface area contributed by atoms with E-state index in [1.165, 1.54) is 11.6 Å². The van der Waals surface area contributed by atoms with Crippen molar-refractivity contribution in [3.8, 4) is 0 Å². The molecule has 0 bridgehead atoms. The summed E-state index contributed by atoms with van der Waals surface area (Å²) < 4.78 is 0. The van der Waals surface area contributed by atoms with Gasteiger partial charge in [-0.25, -0.2) is 4.98 Å². The minimum atomic E-state index is -0.452. The van der Waals surface area contributed by atoms with E-state index in [0.717, 1.165) is 17.5 Å². The molecule has 2 heterocycles. The molecule has 3 aromatic rings. The van der Waals surface area contributed by atoms with Crippen LogP contribution in [-0.2, 0) is 24.9 Å². The summed E-state index contributed by atoms with van der Waals surface area (Å²) in [6, 6.07) is 7.40. The molecule has 4 rings (SSSR count). The summed E-state index contributed by atoms with van der Waals surface area (Å²) in [4.78, 5) is 56.8. The van der Waals surface area contributed by atoms with Gasteiger partial charge in [0.15, 0.2) is 5.82 Å². The largest absolute Gasteiger partial charge is 0.363 e. The third-order valence-corrected chi connectivity index (χ3v) is 5.89. The van der Waals surface area contributed by atoms with Crippen molar-refractivity contribution in [2.75, 3.05) is 11.4 Å². The highest BCUT2D eigenvalue weighted by Gasteiger charge is 2.26. The zero-order valence-electron chi connectivity index (χ0n) is 18.7. The lowest BCUT2D eigenvalue weighted by Crippen LogP contribution is -2.44. The highest BCUT2D eigenvalue weighted by molar-refractivity contribution is 5.90. The van der Waals surface area contributed by atoms with Gasteiger partial charge in [-0.05, 0) is 30.0 Å². The van der Waals surface area contributed by atoms with Crippen LogP contribution in [0.25, 0.3) is 0 Å². The number of amides is 1. The summed E-state index contributed by atoms with van der Waals surface area (Å²) in [5, 5.41) is 2.81. The van der Waals surface area contributed by atoms with E-state index in [9.17, 15) is 19.2 Å². The van der Waals surface area contributed by atoms with Crippen molar-refractivity contribution in [1.82, 2.24) is 15.3 Å². The summed E-state index contributed by atoms with van der Waals surface area (Å²) in [5.41, 5.74) is 3.23. The maximum absolute atomic E-state index is 12.6. The fourth-order valence-electron chi connectivity index (χ4n) is 4.00. The van der Waals surface area contributed by atoms with E-state index in [2.05, 4.69) is 15.3 Å². The molecule has 0 radical (unpaired) electrons. The second kappa shape index (κ2) is 7.85. The molecule has 0 spiro atoms. The molecule has 0 saturated carbocycles. The Bertz CT molecular complexity index is 1340. The summed E-state index contributed by atoms with van der Waals surface area (Å²) in [7, 11) is 0. The molecule has 2 aromatic carbocycles. The summed E-state index contributed by atoms with van der Waals surface area (Å²) >= 11 is 0. The predicted octanol–water partition coefficient (Wildman–Crippen LogP) is 1.46. The Labute approximate surface area is 185 Å². The number of hydrogen-bond acceptors (Lipinski definition) is 6. The molecule has 0 fully saturated rings. The average molecular weight is 434 g/mol. The highest BCUT2D eigenvalue weighted by atomic mass is 16.2. The van der Waals surface area contributed by atoms with Crippen molar-refractivity contribution in [3.05, 3.63) is 88.8 Å². The molecule has 166 valence electrons. The minimum Gasteiger partial charge on any atom is -0.363 e. The number of benzene rings is 1. The fourth-order valence-corrected chi connectivity index (χ4v) is 4.00. The van der Waals surface area contributed by atoms with Crippen molar-refractivity contribution in [2.24, 2.45) is 0 Å². The Morgan fingerprint density at radius 2 is 1.88 bits per heavy atom. The maximum atomic E-state index is 12.6. The van der Waals surface area contributed by atoms with Crippen LogP contribution in [0.5, 0.6) is 0 Å². The molecule has 0 unspecified atom stereocenters. The number of carbonyl (C=O) groups is 1. The minimum absolute atomic E-state index is 0.0119. The molecule has 1 amide bonds. The molecule has 1 aliphatic heterocycles. The molecule has 2 N–H and O–H groups in total. The smallest absolute Gasteiger partial charge is 0.287 e. The molecule has 1 aliphatic rings. The first-order valence-electron chi connectivity index (χ1n) is 10.6. The first-order chi connectivity index (χ1) is 15.0. The second-order valence-electron chi connectivity index (χ2n) is 9.32. The molecule has 0 atom stereocenters. The standard InChI is InChI=1S/C24H26N4O4/c1-13-19(21(31)20(13)30)28-8-7-15-6-5-14(9-16(15)12-28)11-25-23(32)22-26-17(24(2,3)4)10-18(29)27-22/h5-6,9-10H,7-8,11-12H2,1-4H3,(H,25,32)(H,26,27,29). The number of anilines is 1. The van der Waals surface area contributed by atoms with E-state index in [-0.39, 0.29) is 23.3 Å². The quantitative estimate of drug-likeness (QED) is 0.602. The number of nitrogens with one attached hydrogen (secondary N) is 2. The van der Waals surface area contributed by atoms with Crippen molar-refractivity contribution in [1.29, 1.82) is 0 Å². The van der Waals surface area contributed by atoms with Crippen molar-refractivity contribution in [2.45, 2.75) is 52.6 Å². The van der Waals surface area contributed by atoms with Crippen LogP contribution in [0.2, 0.25) is 0 Å². The number of hydrogen-bond donors (Lipinski definition) is 2. The van der Waals surface area contributed by atoms with E-state index in [4.69, 9.17) is 0 Å². The Morgan fingerprint density at radius 1 is 1.12 bits per heavy atom. The molecular weight excluding hydrogens is 408 g/mol. The lowest BCUT2D eigenvalue weighted by molar-refractivity contribution is 0.0939. The van der Waals surface area contributed by atoms with Gasteiger partial charge < -0.3 is 15.2 Å². The summed E-state index contributed by atoms with van der Waals surface area (Å²) in [6.07, 6.45) is 0.783. The normalized spacial score (nSPS) is 13.8. The molecule has 1 aromatic heterocycles. The van der Waals surface area contributed by atoms with Gasteiger partial charge in [-0.15, -0.1) is 0 Å². The zero-order chi connectivity index (χ0) is 23.2. The van der Waals surface area contributed by atoms with Gasteiger partial charge in [0.1, 0.15) is 0 Å². The van der Waals surface area contributed by atoms with Gasteiger partial charge >= 0.3 is 0 Å². The van der Waals surface area contributed by atoms with Gasteiger partial charge in [0.2, 0.25) is 10.9 Å². The van der Waals surface area contributed by atoms with Crippen LogP contribution in [0, 0.1) is 6.92 Å². The van der Waals surface area contributed by atoms with Crippen LogP contribution in [0.4, 0.5) is 5.69 Å². The number of aromatic amines is 1. The predicted molar refractivity (Wildman–Crippen MR) is 122 cm³/mol. The van der Waals surface area contributed by atoms with E-state index < -0.39 is 16.8 Å². The number of fused-ring (bicyclic) bond motifs is 1. The number of aromatic nitrogens is 2. The first-order valence-corrected chi connectivity index (χ1v) is 10.6. The van der Waals surface area contributed by atoms with Gasteiger partial charge in [-0.2, -0.15) is 0 Å². The Hall–Kier alpha value is -3.55. The molecule has 8 nitrogen and oxygen atoms in total. The topological polar surface area (TPSA) is 112 Å². The third-order valence-electron chi connectivity index (χ3n) is 5.89. The molecule has 32 heavy (non-hydrogen) atoms. The van der Waals surface area contributed by atoms with Crippen molar-refractivity contribution >= 4 is 11.6 Å². The fraction of sp³-hybridized carbons (Fsp3) is 0.375. The van der Waals surface area contributed by atoms with Gasteiger partial charge in [0.25, 0.3) is 11.5 Å². The van der Waals surface area contributed by atoms with Gasteiger partial charge in [-0.3, -0.25) is 19.2 Å². The Balaban J connectivity index is 1.48. The van der Waals surface area contributed by atoms with E-state index in [0.29, 0.717) is 30.0 Å². The summed E-state index contributed by atoms with van der Waals surface area (Å²) in [6.45, 7) is 8.98. The lowest BCUT2D eigenvalue weighted by atomic mass is 9.92. The number of H-pyrrole nitrogens is 1. The highest BCUT2D eigenvalue weighted by Crippen LogP contribution is 2.25. The molecule has 8 heteroatoms. The third kappa shape index (κ3) is 4.00. The zero-order valence-corrected chi connectivity index (χ0v) is 18.7. The number of carbonyl (C=O) groups excluding carboxylic acids is 1. The average Bonchev–Trinajstić information content (AvgIpc) is 2.76. The van der Waals surface area contributed by atoms with Crippen LogP contribution in [0.15, 0.2) is 38.6 Å². The monoisotopic (exact) mass is 434 g/mol. The SMILES string of the molecule is Cc1c(N2CCc3ccc(CNC(=O)c4nc(C(C)(C)C)cc(=O)[nH]4)cc3C2)c(=O)c1=O. The Kier molecular flexibility index (Phi) is 5.32. The Morgan fingerprint density at radius 3 is 2.56 bits per heavy atom. The van der Waals surface area contributed by atoms with Gasteiger partial charge in [-0.1, -0.05) is 39.0 Å². The van der Waals surface area contributed by atoms with Crippen LogP contribution in [0.1, 0.15) is 59.3 Å². The van der Waals surface area contributed by atoms with Crippen molar-refractivity contribution < 1.29 is 4.79 Å².